The number of alkyl halides is 3. The van der Waals surface area contributed by atoms with E-state index in [1.165, 1.54) is 17.5 Å². The Bertz CT molecular complexity index is 1040. The molecule has 0 saturated heterocycles. The van der Waals surface area contributed by atoms with Crippen molar-refractivity contribution in [2.45, 2.75) is 42.4 Å². The van der Waals surface area contributed by atoms with Crippen molar-refractivity contribution >= 4 is 27.1 Å². The molecule has 1 fully saturated rings. The van der Waals surface area contributed by atoms with Crippen LogP contribution in [0.1, 0.15) is 29.3 Å². The fourth-order valence-electron chi connectivity index (χ4n) is 3.05. The first-order valence-electron chi connectivity index (χ1n) is 9.37. The first-order chi connectivity index (χ1) is 14.5. The van der Waals surface area contributed by atoms with Crippen molar-refractivity contribution in [2.24, 2.45) is 0 Å². The fourth-order valence-corrected chi connectivity index (χ4v) is 5.43. The highest BCUT2D eigenvalue weighted by Gasteiger charge is 2.48. The molecule has 0 bridgehead atoms. The first-order valence-corrected chi connectivity index (χ1v) is 12.1. The summed E-state index contributed by atoms with van der Waals surface area (Å²) in [5, 5.41) is 15.3. The number of hydrogen-bond acceptors (Lipinski definition) is 6. The Labute approximate surface area is 182 Å². The molecule has 1 aliphatic rings. The predicted octanol–water partition coefficient (Wildman–Crippen LogP) is 3.10. The summed E-state index contributed by atoms with van der Waals surface area (Å²) in [6.07, 6.45) is -4.02. The number of nitrogens with zero attached hydrogens (tertiary/aromatic N) is 1. The lowest BCUT2D eigenvalue weighted by molar-refractivity contribution is -0.159. The van der Waals surface area contributed by atoms with Gasteiger partial charge in [-0.3, -0.25) is 10.1 Å². The van der Waals surface area contributed by atoms with Crippen molar-refractivity contribution in [3.8, 4) is 6.07 Å². The Morgan fingerprint density at radius 2 is 1.87 bits per heavy atom. The molecule has 0 aliphatic heterocycles. The van der Waals surface area contributed by atoms with Crippen LogP contribution in [0.5, 0.6) is 0 Å². The van der Waals surface area contributed by atoms with Gasteiger partial charge >= 0.3 is 6.18 Å². The number of rotatable bonds is 9. The SMILES string of the molecule is N#CC1(NC(=O)[C@H](CS(=O)(=O)Cc2ccccc2)N[C@@H](c2cccs2)C(F)(F)F)CC1. The van der Waals surface area contributed by atoms with Crippen molar-refractivity contribution in [3.63, 3.8) is 0 Å². The van der Waals surface area contributed by atoms with Crippen molar-refractivity contribution in [1.29, 1.82) is 5.26 Å². The van der Waals surface area contributed by atoms with E-state index in [1.807, 2.05) is 6.07 Å². The van der Waals surface area contributed by atoms with Gasteiger partial charge in [0.2, 0.25) is 5.91 Å². The Morgan fingerprint density at radius 1 is 1.19 bits per heavy atom. The number of hydrogen-bond donors (Lipinski definition) is 2. The van der Waals surface area contributed by atoms with E-state index in [4.69, 9.17) is 0 Å². The molecular formula is C20H20F3N3O3S2. The average Bonchev–Trinajstić information content (AvgIpc) is 3.25. The van der Waals surface area contributed by atoms with E-state index < -0.39 is 51.0 Å². The van der Waals surface area contributed by atoms with Crippen LogP contribution in [0.15, 0.2) is 47.8 Å². The van der Waals surface area contributed by atoms with Crippen LogP contribution in [0, 0.1) is 11.3 Å². The molecule has 2 atom stereocenters. The Morgan fingerprint density at radius 3 is 2.39 bits per heavy atom. The highest BCUT2D eigenvalue weighted by atomic mass is 32.2. The summed E-state index contributed by atoms with van der Waals surface area (Å²) < 4.78 is 66.6. The van der Waals surface area contributed by atoms with Gasteiger partial charge in [0.15, 0.2) is 9.84 Å². The van der Waals surface area contributed by atoms with Gasteiger partial charge in [-0.25, -0.2) is 8.42 Å². The second kappa shape index (κ2) is 8.98. The third-order valence-corrected chi connectivity index (χ3v) is 7.37. The number of nitrogens with one attached hydrogen (secondary N) is 2. The van der Waals surface area contributed by atoms with E-state index >= 15 is 0 Å². The summed E-state index contributed by atoms with van der Waals surface area (Å²) in [5.41, 5.74) is -0.681. The zero-order chi connectivity index (χ0) is 22.7. The average molecular weight is 472 g/mol. The molecule has 1 amide bonds. The summed E-state index contributed by atoms with van der Waals surface area (Å²) in [6, 6.07) is 8.89. The first kappa shape index (κ1) is 23.2. The summed E-state index contributed by atoms with van der Waals surface area (Å²) >= 11 is 0.846. The fraction of sp³-hybridized carbons (Fsp3) is 0.400. The number of amides is 1. The molecule has 2 N–H and O–H groups in total. The molecule has 1 heterocycles. The molecule has 2 aromatic rings. The van der Waals surface area contributed by atoms with Crippen LogP contribution in [-0.2, 0) is 20.4 Å². The van der Waals surface area contributed by atoms with Crippen molar-refractivity contribution < 1.29 is 26.4 Å². The molecule has 0 radical (unpaired) electrons. The lowest BCUT2D eigenvalue weighted by atomic mass is 10.1. The van der Waals surface area contributed by atoms with E-state index in [2.05, 4.69) is 10.6 Å². The maximum atomic E-state index is 13.7. The maximum absolute atomic E-state index is 13.7. The Kier molecular flexibility index (Phi) is 6.73. The van der Waals surface area contributed by atoms with E-state index in [1.54, 1.807) is 30.3 Å². The molecule has 3 rings (SSSR count). The van der Waals surface area contributed by atoms with Crippen LogP contribution in [0.2, 0.25) is 0 Å². The van der Waals surface area contributed by atoms with E-state index in [-0.39, 0.29) is 4.88 Å². The molecule has 11 heteroatoms. The van der Waals surface area contributed by atoms with Gasteiger partial charge in [0.05, 0.1) is 17.6 Å². The minimum atomic E-state index is -4.75. The van der Waals surface area contributed by atoms with Crippen molar-refractivity contribution in [3.05, 3.63) is 58.3 Å². The Hall–Kier alpha value is -2.42. The number of carbonyl (C=O) groups excluding carboxylic acids is 1. The molecule has 166 valence electrons. The van der Waals surface area contributed by atoms with Crippen molar-refractivity contribution in [1.82, 2.24) is 10.6 Å². The third kappa shape index (κ3) is 6.29. The largest absolute Gasteiger partial charge is 0.408 e. The highest BCUT2D eigenvalue weighted by Crippen LogP contribution is 2.36. The molecule has 0 unspecified atom stereocenters. The summed E-state index contributed by atoms with van der Waals surface area (Å²) in [4.78, 5) is 12.7. The molecule has 0 spiro atoms. The van der Waals surface area contributed by atoms with Crippen LogP contribution in [0.3, 0.4) is 0 Å². The normalized spacial score (nSPS) is 17.4. The molecule has 1 aromatic carbocycles. The molecule has 1 aliphatic carbocycles. The van der Waals surface area contributed by atoms with Gasteiger partial charge < -0.3 is 5.32 Å². The minimum Gasteiger partial charge on any atom is -0.336 e. The number of benzene rings is 1. The third-order valence-electron chi connectivity index (χ3n) is 4.82. The number of nitriles is 1. The maximum Gasteiger partial charge on any atom is 0.408 e. The monoisotopic (exact) mass is 471 g/mol. The van der Waals surface area contributed by atoms with Crippen LogP contribution in [-0.4, -0.2) is 37.8 Å². The zero-order valence-electron chi connectivity index (χ0n) is 16.2. The van der Waals surface area contributed by atoms with E-state index in [9.17, 15) is 31.6 Å². The van der Waals surface area contributed by atoms with Gasteiger partial charge in [0.25, 0.3) is 0 Å². The number of carbonyl (C=O) groups is 1. The van der Waals surface area contributed by atoms with Gasteiger partial charge in [-0.1, -0.05) is 36.4 Å². The number of halogens is 3. The summed E-state index contributed by atoms with van der Waals surface area (Å²) in [5.74, 6) is -2.20. The second-order valence-electron chi connectivity index (χ2n) is 7.43. The quantitative estimate of drug-likeness (QED) is 0.586. The van der Waals surface area contributed by atoms with E-state index in [0.717, 1.165) is 11.3 Å². The van der Waals surface area contributed by atoms with Gasteiger partial charge in [0.1, 0.15) is 17.6 Å². The molecule has 1 saturated carbocycles. The van der Waals surface area contributed by atoms with E-state index in [0.29, 0.717) is 18.4 Å². The topological polar surface area (TPSA) is 99.1 Å². The van der Waals surface area contributed by atoms with Gasteiger partial charge in [-0.15, -0.1) is 11.3 Å². The predicted molar refractivity (Wildman–Crippen MR) is 110 cm³/mol. The molecular weight excluding hydrogens is 451 g/mol. The smallest absolute Gasteiger partial charge is 0.336 e. The van der Waals surface area contributed by atoms with Gasteiger partial charge in [-0.05, 0) is 29.9 Å². The molecule has 1 aromatic heterocycles. The molecule has 6 nitrogen and oxygen atoms in total. The lowest BCUT2D eigenvalue weighted by Gasteiger charge is -2.27. The zero-order valence-corrected chi connectivity index (χ0v) is 17.9. The van der Waals surface area contributed by atoms with Gasteiger partial charge in [0, 0.05) is 4.88 Å². The summed E-state index contributed by atoms with van der Waals surface area (Å²) in [6.45, 7) is 0. The number of sulfone groups is 1. The van der Waals surface area contributed by atoms with Crippen LogP contribution < -0.4 is 10.6 Å². The summed E-state index contributed by atoms with van der Waals surface area (Å²) in [7, 11) is -3.95. The van der Waals surface area contributed by atoms with Gasteiger partial charge in [-0.2, -0.15) is 18.4 Å². The minimum absolute atomic E-state index is 0.0906. The Balaban J connectivity index is 1.85. The number of thiophene rings is 1. The highest BCUT2D eigenvalue weighted by molar-refractivity contribution is 7.90. The standard InChI is InChI=1S/C20H20F3N3O3S2/c21-20(22,23)17(16-7-4-10-30-16)25-15(18(27)26-19(13-24)8-9-19)12-31(28,29)11-14-5-2-1-3-6-14/h1-7,10,15,17,25H,8-9,11-12H2,(H,26,27)/t15-,17-/m0/s1. The van der Waals surface area contributed by atoms with Crippen molar-refractivity contribution in [2.75, 3.05) is 5.75 Å². The van der Waals surface area contributed by atoms with Crippen LogP contribution >= 0.6 is 11.3 Å². The van der Waals surface area contributed by atoms with Crippen LogP contribution in [0.4, 0.5) is 13.2 Å². The molecule has 31 heavy (non-hydrogen) atoms. The lowest BCUT2D eigenvalue weighted by Crippen LogP contribution is -2.54. The second-order valence-corrected chi connectivity index (χ2v) is 10.5. The van der Waals surface area contributed by atoms with Crippen LogP contribution in [0.25, 0.3) is 0 Å².